The maximum absolute atomic E-state index is 4.06. The second-order valence-corrected chi connectivity index (χ2v) is 4.95. The first-order valence-corrected chi connectivity index (χ1v) is 6.02. The van der Waals surface area contributed by atoms with Crippen molar-refractivity contribution in [3.05, 3.63) is 24.5 Å². The third kappa shape index (κ3) is 2.35. The average Bonchev–Trinajstić information content (AvgIpc) is 2.27. The van der Waals surface area contributed by atoms with Crippen molar-refractivity contribution < 1.29 is 0 Å². The van der Waals surface area contributed by atoms with Gasteiger partial charge in [-0.1, -0.05) is 6.42 Å². The molecule has 0 unspecified atom stereocenters. The molecule has 0 aliphatic heterocycles. The fourth-order valence-electron chi connectivity index (χ4n) is 2.64. The molecule has 0 spiro atoms. The van der Waals surface area contributed by atoms with Crippen LogP contribution in [-0.4, -0.2) is 32.2 Å². The summed E-state index contributed by atoms with van der Waals surface area (Å²) in [6, 6.07) is 4.15. The number of anilines is 1. The van der Waals surface area contributed by atoms with E-state index in [9.17, 15) is 0 Å². The molecule has 88 valence electrons. The Morgan fingerprint density at radius 1 is 1.38 bits per heavy atom. The van der Waals surface area contributed by atoms with Crippen LogP contribution in [0.3, 0.4) is 0 Å². The van der Waals surface area contributed by atoms with Gasteiger partial charge in [-0.25, -0.2) is 0 Å². The van der Waals surface area contributed by atoms with Crippen LogP contribution >= 0.6 is 0 Å². The number of hydrogen-bond donors (Lipinski definition) is 1. The molecule has 0 amide bonds. The van der Waals surface area contributed by atoms with Crippen LogP contribution in [0.2, 0.25) is 0 Å². The van der Waals surface area contributed by atoms with E-state index in [0.717, 1.165) is 13.1 Å². The molecule has 0 aromatic carbocycles. The molecule has 16 heavy (non-hydrogen) atoms. The summed E-state index contributed by atoms with van der Waals surface area (Å²) < 4.78 is 0. The molecule has 1 aromatic rings. The van der Waals surface area contributed by atoms with Crippen molar-refractivity contribution >= 4 is 5.69 Å². The zero-order chi connectivity index (χ0) is 11.4. The summed E-state index contributed by atoms with van der Waals surface area (Å²) in [7, 11) is 4.22. The Kier molecular flexibility index (Phi) is 3.44. The van der Waals surface area contributed by atoms with Crippen molar-refractivity contribution in [2.24, 2.45) is 5.41 Å². The van der Waals surface area contributed by atoms with Gasteiger partial charge in [0, 0.05) is 43.6 Å². The zero-order valence-electron chi connectivity index (χ0n) is 10.2. The van der Waals surface area contributed by atoms with Crippen LogP contribution in [0.25, 0.3) is 0 Å². The van der Waals surface area contributed by atoms with E-state index < -0.39 is 0 Å². The monoisotopic (exact) mass is 219 g/mol. The minimum atomic E-state index is 0.493. The number of rotatable bonds is 5. The molecule has 1 aromatic heterocycles. The second kappa shape index (κ2) is 4.83. The third-order valence-corrected chi connectivity index (χ3v) is 3.64. The summed E-state index contributed by atoms with van der Waals surface area (Å²) in [5.74, 6) is 0. The van der Waals surface area contributed by atoms with Gasteiger partial charge in [0.05, 0.1) is 0 Å². The number of pyridine rings is 1. The van der Waals surface area contributed by atoms with Gasteiger partial charge in [-0.3, -0.25) is 4.98 Å². The predicted octanol–water partition coefficient (Wildman–Crippen LogP) is 1.91. The first kappa shape index (κ1) is 11.4. The maximum atomic E-state index is 4.06. The summed E-state index contributed by atoms with van der Waals surface area (Å²) in [6.45, 7) is 2.26. The topological polar surface area (TPSA) is 28.2 Å². The molecule has 2 rings (SSSR count). The molecular formula is C13H21N3. The van der Waals surface area contributed by atoms with Gasteiger partial charge in [0.15, 0.2) is 0 Å². The summed E-state index contributed by atoms with van der Waals surface area (Å²) in [6.07, 6.45) is 7.80. The molecular weight excluding hydrogens is 198 g/mol. The van der Waals surface area contributed by atoms with Crippen molar-refractivity contribution in [2.45, 2.75) is 19.3 Å². The van der Waals surface area contributed by atoms with E-state index >= 15 is 0 Å². The fraction of sp³-hybridized carbons (Fsp3) is 0.615. The van der Waals surface area contributed by atoms with E-state index in [-0.39, 0.29) is 0 Å². The van der Waals surface area contributed by atoms with Gasteiger partial charge in [-0.15, -0.1) is 0 Å². The van der Waals surface area contributed by atoms with Gasteiger partial charge < -0.3 is 10.2 Å². The van der Waals surface area contributed by atoms with E-state index in [1.807, 2.05) is 19.4 Å². The highest BCUT2D eigenvalue weighted by Crippen LogP contribution is 2.41. The van der Waals surface area contributed by atoms with E-state index in [0.29, 0.717) is 5.41 Å². The molecule has 3 heteroatoms. The highest BCUT2D eigenvalue weighted by atomic mass is 15.1. The van der Waals surface area contributed by atoms with Crippen LogP contribution < -0.4 is 10.2 Å². The molecule has 1 N–H and O–H groups in total. The molecule has 3 nitrogen and oxygen atoms in total. The minimum Gasteiger partial charge on any atom is -0.374 e. The van der Waals surface area contributed by atoms with Crippen LogP contribution in [0.4, 0.5) is 5.69 Å². The number of nitrogens with one attached hydrogen (secondary N) is 1. The van der Waals surface area contributed by atoms with E-state index in [2.05, 4.69) is 34.4 Å². The largest absolute Gasteiger partial charge is 0.374 e. The summed E-state index contributed by atoms with van der Waals surface area (Å²) in [5, 5.41) is 3.33. The van der Waals surface area contributed by atoms with Crippen molar-refractivity contribution in [2.75, 3.05) is 32.1 Å². The number of aromatic nitrogens is 1. The average molecular weight is 219 g/mol. The quantitative estimate of drug-likeness (QED) is 0.820. The molecule has 1 heterocycles. The lowest BCUT2D eigenvalue weighted by atomic mass is 9.68. The first-order valence-electron chi connectivity index (χ1n) is 6.02. The predicted molar refractivity (Wildman–Crippen MR) is 67.7 cm³/mol. The molecule has 1 aliphatic carbocycles. The van der Waals surface area contributed by atoms with Gasteiger partial charge in [0.25, 0.3) is 0 Å². The lowest BCUT2D eigenvalue weighted by Gasteiger charge is -2.44. The Morgan fingerprint density at radius 3 is 2.56 bits per heavy atom. The fourth-order valence-corrected chi connectivity index (χ4v) is 2.64. The van der Waals surface area contributed by atoms with Crippen LogP contribution in [0.15, 0.2) is 24.5 Å². The van der Waals surface area contributed by atoms with Crippen LogP contribution in [0, 0.1) is 5.41 Å². The van der Waals surface area contributed by atoms with E-state index in [1.165, 1.54) is 24.9 Å². The second-order valence-electron chi connectivity index (χ2n) is 4.95. The van der Waals surface area contributed by atoms with E-state index in [1.54, 1.807) is 0 Å². The third-order valence-electron chi connectivity index (χ3n) is 3.64. The van der Waals surface area contributed by atoms with Crippen LogP contribution in [0.5, 0.6) is 0 Å². The molecule has 0 atom stereocenters. The highest BCUT2D eigenvalue weighted by Gasteiger charge is 2.37. The lowest BCUT2D eigenvalue weighted by molar-refractivity contribution is 0.143. The summed E-state index contributed by atoms with van der Waals surface area (Å²) in [5.41, 5.74) is 1.75. The lowest BCUT2D eigenvalue weighted by Crippen LogP contribution is -2.47. The maximum Gasteiger partial charge on any atom is 0.0394 e. The van der Waals surface area contributed by atoms with Crippen molar-refractivity contribution in [3.8, 4) is 0 Å². The molecule has 1 saturated carbocycles. The first-order chi connectivity index (χ1) is 7.76. The zero-order valence-corrected chi connectivity index (χ0v) is 10.2. The van der Waals surface area contributed by atoms with Crippen LogP contribution in [-0.2, 0) is 0 Å². The Hall–Kier alpha value is -1.09. The van der Waals surface area contributed by atoms with Gasteiger partial charge in [0.1, 0.15) is 0 Å². The van der Waals surface area contributed by atoms with Gasteiger partial charge in [0.2, 0.25) is 0 Å². The molecule has 1 aliphatic rings. The Balaban J connectivity index is 1.98. The highest BCUT2D eigenvalue weighted by molar-refractivity contribution is 5.43. The van der Waals surface area contributed by atoms with E-state index in [4.69, 9.17) is 0 Å². The Labute approximate surface area is 97.9 Å². The normalized spacial score (nSPS) is 17.9. The SMILES string of the molecule is CNCC1(CN(C)c2ccncc2)CCC1. The number of hydrogen-bond acceptors (Lipinski definition) is 3. The smallest absolute Gasteiger partial charge is 0.0394 e. The van der Waals surface area contributed by atoms with Crippen molar-refractivity contribution in [3.63, 3.8) is 0 Å². The minimum absolute atomic E-state index is 0.493. The van der Waals surface area contributed by atoms with Gasteiger partial charge >= 0.3 is 0 Å². The van der Waals surface area contributed by atoms with Crippen molar-refractivity contribution in [1.29, 1.82) is 0 Å². The standard InChI is InChI=1S/C13H21N3/c1-14-10-13(6-3-7-13)11-16(2)12-4-8-15-9-5-12/h4-5,8-9,14H,3,6-7,10-11H2,1-2H3. The summed E-state index contributed by atoms with van der Waals surface area (Å²) >= 11 is 0. The molecule has 1 fully saturated rings. The van der Waals surface area contributed by atoms with Crippen molar-refractivity contribution in [1.82, 2.24) is 10.3 Å². The van der Waals surface area contributed by atoms with Gasteiger partial charge in [-0.2, -0.15) is 0 Å². The Bertz CT molecular complexity index is 319. The molecule has 0 bridgehead atoms. The van der Waals surface area contributed by atoms with Crippen LogP contribution in [0.1, 0.15) is 19.3 Å². The molecule has 0 saturated heterocycles. The summed E-state index contributed by atoms with van der Waals surface area (Å²) in [4.78, 5) is 6.40. The Morgan fingerprint density at radius 2 is 2.06 bits per heavy atom. The molecule has 0 radical (unpaired) electrons. The number of nitrogens with zero attached hydrogens (tertiary/aromatic N) is 2. The van der Waals surface area contributed by atoms with Gasteiger partial charge in [-0.05, 0) is 32.0 Å².